The van der Waals surface area contributed by atoms with E-state index in [1.165, 1.54) is 6.42 Å². The van der Waals surface area contributed by atoms with E-state index in [1.54, 1.807) is 0 Å². The molecular formula is C11H19NO2. The summed E-state index contributed by atoms with van der Waals surface area (Å²) in [7, 11) is 0. The molecule has 2 fully saturated rings. The maximum absolute atomic E-state index is 11.3. The predicted molar refractivity (Wildman–Crippen MR) is 54.1 cm³/mol. The van der Waals surface area contributed by atoms with E-state index in [2.05, 4.69) is 4.90 Å². The van der Waals surface area contributed by atoms with Crippen LogP contribution in [0.15, 0.2) is 0 Å². The molecule has 1 aliphatic carbocycles. The van der Waals surface area contributed by atoms with Crippen molar-refractivity contribution in [2.75, 3.05) is 13.1 Å². The van der Waals surface area contributed by atoms with E-state index < -0.39 is 0 Å². The van der Waals surface area contributed by atoms with Gasteiger partial charge < -0.3 is 5.11 Å². The molecule has 0 aromatic carbocycles. The molecule has 1 atom stereocenters. The van der Waals surface area contributed by atoms with Gasteiger partial charge >= 0.3 is 0 Å². The number of hydrogen-bond donors (Lipinski definition) is 1. The van der Waals surface area contributed by atoms with Crippen molar-refractivity contribution < 1.29 is 9.90 Å². The average Bonchev–Trinajstić information content (AvgIpc) is 2.19. The summed E-state index contributed by atoms with van der Waals surface area (Å²) < 4.78 is 0. The van der Waals surface area contributed by atoms with E-state index in [-0.39, 0.29) is 6.10 Å². The van der Waals surface area contributed by atoms with E-state index in [0.29, 0.717) is 11.8 Å². The minimum absolute atomic E-state index is 0.106. The Bertz CT molecular complexity index is 209. The molecule has 0 aromatic heterocycles. The Labute approximate surface area is 85.1 Å². The predicted octanol–water partition coefficient (Wildman–Crippen LogP) is 0.955. The molecule has 80 valence electrons. The molecule has 2 aliphatic rings. The molecule has 1 heterocycles. The molecule has 1 saturated carbocycles. The normalized spacial score (nSPS) is 32.1. The fraction of sp³-hybridized carbons (Fsp3) is 0.909. The first-order valence-corrected chi connectivity index (χ1v) is 5.69. The van der Waals surface area contributed by atoms with E-state index in [9.17, 15) is 9.90 Å². The standard InChI is InChI=1S/C11H19NO2/c13-10-4-6-12(7-5-10)9-2-1-3-11(14)8-9/h9-10,13H,1-8H2. The molecule has 1 N–H and O–H groups in total. The lowest BCUT2D eigenvalue weighted by molar-refractivity contribution is -0.122. The highest BCUT2D eigenvalue weighted by atomic mass is 16.3. The third-order valence-electron chi connectivity index (χ3n) is 3.47. The van der Waals surface area contributed by atoms with Gasteiger partial charge in [0.2, 0.25) is 0 Å². The average molecular weight is 197 g/mol. The Hall–Kier alpha value is -0.410. The van der Waals surface area contributed by atoms with Crippen molar-refractivity contribution in [2.45, 2.75) is 50.7 Å². The number of rotatable bonds is 1. The molecule has 1 unspecified atom stereocenters. The first kappa shape index (κ1) is 10.1. The fourth-order valence-corrected chi connectivity index (χ4v) is 2.56. The van der Waals surface area contributed by atoms with Crippen molar-refractivity contribution in [3.63, 3.8) is 0 Å². The molecule has 0 radical (unpaired) electrons. The topological polar surface area (TPSA) is 40.5 Å². The zero-order chi connectivity index (χ0) is 9.97. The van der Waals surface area contributed by atoms with E-state index in [0.717, 1.165) is 45.2 Å². The SMILES string of the molecule is O=C1CCCC(N2CCC(O)CC2)C1. The molecule has 0 bridgehead atoms. The van der Waals surface area contributed by atoms with E-state index >= 15 is 0 Å². The molecular weight excluding hydrogens is 178 g/mol. The van der Waals surface area contributed by atoms with Gasteiger partial charge in [0.05, 0.1) is 6.10 Å². The Morgan fingerprint density at radius 2 is 1.93 bits per heavy atom. The minimum atomic E-state index is -0.106. The van der Waals surface area contributed by atoms with Gasteiger partial charge in [-0.05, 0) is 25.7 Å². The van der Waals surface area contributed by atoms with Crippen LogP contribution in [-0.2, 0) is 4.79 Å². The summed E-state index contributed by atoms with van der Waals surface area (Å²) in [4.78, 5) is 13.7. The highest BCUT2D eigenvalue weighted by molar-refractivity contribution is 5.79. The number of Topliss-reactive ketones (excluding diaryl/α,β-unsaturated/α-hetero) is 1. The van der Waals surface area contributed by atoms with Crippen LogP contribution in [0.4, 0.5) is 0 Å². The molecule has 0 aromatic rings. The zero-order valence-corrected chi connectivity index (χ0v) is 8.61. The number of nitrogens with zero attached hydrogens (tertiary/aromatic N) is 1. The van der Waals surface area contributed by atoms with Crippen LogP contribution in [0.2, 0.25) is 0 Å². The fourth-order valence-electron chi connectivity index (χ4n) is 2.56. The van der Waals surface area contributed by atoms with Gasteiger partial charge in [-0.2, -0.15) is 0 Å². The molecule has 1 aliphatic heterocycles. The van der Waals surface area contributed by atoms with Crippen LogP contribution in [0.25, 0.3) is 0 Å². The number of hydrogen-bond acceptors (Lipinski definition) is 3. The lowest BCUT2D eigenvalue weighted by atomic mass is 9.91. The quantitative estimate of drug-likeness (QED) is 0.680. The van der Waals surface area contributed by atoms with Crippen molar-refractivity contribution >= 4 is 5.78 Å². The maximum Gasteiger partial charge on any atom is 0.134 e. The summed E-state index contributed by atoms with van der Waals surface area (Å²) >= 11 is 0. The van der Waals surface area contributed by atoms with Crippen LogP contribution < -0.4 is 0 Å². The highest BCUT2D eigenvalue weighted by Gasteiger charge is 2.27. The van der Waals surface area contributed by atoms with Gasteiger partial charge in [-0.25, -0.2) is 0 Å². The smallest absolute Gasteiger partial charge is 0.134 e. The van der Waals surface area contributed by atoms with E-state index in [4.69, 9.17) is 0 Å². The highest BCUT2D eigenvalue weighted by Crippen LogP contribution is 2.23. The summed E-state index contributed by atoms with van der Waals surface area (Å²) in [6, 6.07) is 0.476. The lowest BCUT2D eigenvalue weighted by Crippen LogP contribution is -2.44. The Kier molecular flexibility index (Phi) is 3.19. The van der Waals surface area contributed by atoms with Crippen LogP contribution in [0.5, 0.6) is 0 Å². The molecule has 3 heteroatoms. The second-order valence-electron chi connectivity index (χ2n) is 4.56. The maximum atomic E-state index is 11.3. The van der Waals surface area contributed by atoms with Crippen molar-refractivity contribution in [3.05, 3.63) is 0 Å². The van der Waals surface area contributed by atoms with Gasteiger partial charge in [-0.1, -0.05) is 0 Å². The summed E-state index contributed by atoms with van der Waals surface area (Å²) in [5.41, 5.74) is 0. The number of likely N-dealkylation sites (tertiary alicyclic amines) is 1. The summed E-state index contributed by atoms with van der Waals surface area (Å²) in [6.07, 6.45) is 5.41. The number of piperidine rings is 1. The van der Waals surface area contributed by atoms with Crippen molar-refractivity contribution in [2.24, 2.45) is 0 Å². The molecule has 14 heavy (non-hydrogen) atoms. The molecule has 1 saturated heterocycles. The summed E-state index contributed by atoms with van der Waals surface area (Å²) in [5, 5.41) is 9.38. The Morgan fingerprint density at radius 1 is 1.21 bits per heavy atom. The molecule has 0 spiro atoms. The van der Waals surface area contributed by atoms with Crippen molar-refractivity contribution in [3.8, 4) is 0 Å². The first-order valence-electron chi connectivity index (χ1n) is 5.69. The second kappa shape index (κ2) is 4.41. The number of aliphatic hydroxyl groups is 1. The largest absolute Gasteiger partial charge is 0.393 e. The van der Waals surface area contributed by atoms with Gasteiger partial charge in [-0.3, -0.25) is 9.69 Å². The van der Waals surface area contributed by atoms with Gasteiger partial charge in [0.15, 0.2) is 0 Å². The van der Waals surface area contributed by atoms with Gasteiger partial charge in [0.1, 0.15) is 5.78 Å². The van der Waals surface area contributed by atoms with Crippen LogP contribution >= 0.6 is 0 Å². The van der Waals surface area contributed by atoms with Crippen LogP contribution in [0.1, 0.15) is 38.5 Å². The van der Waals surface area contributed by atoms with Gasteiger partial charge in [-0.15, -0.1) is 0 Å². The Balaban J connectivity index is 1.85. The second-order valence-corrected chi connectivity index (χ2v) is 4.56. The summed E-state index contributed by atoms with van der Waals surface area (Å²) in [5.74, 6) is 0.423. The zero-order valence-electron chi connectivity index (χ0n) is 8.61. The first-order chi connectivity index (χ1) is 6.75. The number of aliphatic hydroxyl groups excluding tert-OH is 1. The minimum Gasteiger partial charge on any atom is -0.393 e. The lowest BCUT2D eigenvalue weighted by Gasteiger charge is -2.37. The van der Waals surface area contributed by atoms with Crippen LogP contribution in [-0.4, -0.2) is 41.0 Å². The van der Waals surface area contributed by atoms with Crippen molar-refractivity contribution in [1.29, 1.82) is 0 Å². The molecule has 2 rings (SSSR count). The monoisotopic (exact) mass is 197 g/mol. The van der Waals surface area contributed by atoms with E-state index in [1.807, 2.05) is 0 Å². The Morgan fingerprint density at radius 3 is 2.57 bits per heavy atom. The van der Waals surface area contributed by atoms with Crippen LogP contribution in [0, 0.1) is 0 Å². The third kappa shape index (κ3) is 2.34. The number of carbonyl (C=O) groups excluding carboxylic acids is 1. The summed E-state index contributed by atoms with van der Waals surface area (Å²) in [6.45, 7) is 1.94. The van der Waals surface area contributed by atoms with Crippen LogP contribution in [0.3, 0.4) is 0 Å². The van der Waals surface area contributed by atoms with Crippen molar-refractivity contribution in [1.82, 2.24) is 4.90 Å². The van der Waals surface area contributed by atoms with Gasteiger partial charge in [0.25, 0.3) is 0 Å². The molecule has 3 nitrogen and oxygen atoms in total. The molecule has 0 amide bonds. The number of ketones is 1. The third-order valence-corrected chi connectivity index (χ3v) is 3.47. The van der Waals surface area contributed by atoms with Gasteiger partial charge in [0, 0.05) is 32.0 Å². The number of carbonyl (C=O) groups is 1.